The maximum absolute atomic E-state index is 12.9. The van der Waals surface area contributed by atoms with E-state index in [-0.39, 0.29) is 0 Å². The predicted molar refractivity (Wildman–Crippen MR) is 89.1 cm³/mol. The first-order valence-corrected chi connectivity index (χ1v) is 8.64. The van der Waals surface area contributed by atoms with Gasteiger partial charge in [-0.3, -0.25) is 9.59 Å². The number of carbonyl (C=O) groups excluding carboxylic acids is 2. The molecule has 0 saturated carbocycles. The molecule has 2 heterocycles. The Hall–Kier alpha value is -1.88. The van der Waals surface area contributed by atoms with Gasteiger partial charge in [0, 0.05) is 26.8 Å². The first-order chi connectivity index (χ1) is 11.4. The Kier molecular flexibility index (Phi) is 4.63. The second kappa shape index (κ2) is 6.55. The SMILES string of the molecule is CC1(C)OC(=O)C(Cc2ccccc2)(CN2CCCCC2)C(=O)O1. The summed E-state index contributed by atoms with van der Waals surface area (Å²) in [6.45, 7) is 5.35. The van der Waals surface area contributed by atoms with Crippen LogP contribution in [-0.4, -0.2) is 42.3 Å². The van der Waals surface area contributed by atoms with Crippen LogP contribution in [0.25, 0.3) is 0 Å². The van der Waals surface area contributed by atoms with Crippen LogP contribution in [0.4, 0.5) is 0 Å². The van der Waals surface area contributed by atoms with Crippen LogP contribution >= 0.6 is 0 Å². The summed E-state index contributed by atoms with van der Waals surface area (Å²) in [7, 11) is 0. The summed E-state index contributed by atoms with van der Waals surface area (Å²) in [5, 5.41) is 0. The van der Waals surface area contributed by atoms with Crippen molar-refractivity contribution in [3.8, 4) is 0 Å². The van der Waals surface area contributed by atoms with Crippen molar-refractivity contribution < 1.29 is 19.1 Å². The number of cyclic esters (lactones) is 2. The third-order valence-electron chi connectivity index (χ3n) is 4.75. The van der Waals surface area contributed by atoms with Crippen LogP contribution in [-0.2, 0) is 25.5 Å². The average Bonchev–Trinajstić information content (AvgIpc) is 2.54. The Morgan fingerprint density at radius 1 is 0.958 bits per heavy atom. The number of hydrogen-bond acceptors (Lipinski definition) is 5. The van der Waals surface area contributed by atoms with E-state index in [1.54, 1.807) is 13.8 Å². The molecule has 130 valence electrons. The lowest BCUT2D eigenvalue weighted by Crippen LogP contribution is -2.59. The molecule has 0 radical (unpaired) electrons. The van der Waals surface area contributed by atoms with Gasteiger partial charge in [0.15, 0.2) is 5.41 Å². The monoisotopic (exact) mass is 331 g/mol. The van der Waals surface area contributed by atoms with Crippen LogP contribution in [0.1, 0.15) is 38.7 Å². The molecule has 2 aliphatic rings. The zero-order valence-electron chi connectivity index (χ0n) is 14.4. The molecular formula is C19H25NO4. The average molecular weight is 331 g/mol. The highest BCUT2D eigenvalue weighted by molar-refractivity contribution is 6.02. The number of piperidine rings is 1. The van der Waals surface area contributed by atoms with Crippen molar-refractivity contribution in [1.29, 1.82) is 0 Å². The van der Waals surface area contributed by atoms with E-state index in [0.717, 1.165) is 31.5 Å². The van der Waals surface area contributed by atoms with E-state index in [9.17, 15) is 9.59 Å². The zero-order valence-corrected chi connectivity index (χ0v) is 14.4. The second-order valence-corrected chi connectivity index (χ2v) is 7.26. The molecule has 3 rings (SSSR count). The molecule has 2 aliphatic heterocycles. The van der Waals surface area contributed by atoms with Crippen molar-refractivity contribution in [3.63, 3.8) is 0 Å². The van der Waals surface area contributed by atoms with E-state index in [4.69, 9.17) is 9.47 Å². The first kappa shape index (κ1) is 17.0. The molecule has 0 spiro atoms. The Morgan fingerprint density at radius 3 is 2.12 bits per heavy atom. The fraction of sp³-hybridized carbons (Fsp3) is 0.579. The van der Waals surface area contributed by atoms with Crippen molar-refractivity contribution in [1.82, 2.24) is 4.90 Å². The summed E-state index contributed by atoms with van der Waals surface area (Å²) < 4.78 is 10.9. The Balaban J connectivity index is 1.90. The van der Waals surface area contributed by atoms with Gasteiger partial charge in [0.1, 0.15) is 0 Å². The fourth-order valence-electron chi connectivity index (χ4n) is 3.52. The highest BCUT2D eigenvalue weighted by Crippen LogP contribution is 2.36. The second-order valence-electron chi connectivity index (χ2n) is 7.26. The standard InChI is InChI=1S/C19H25NO4/c1-18(2)23-16(21)19(17(22)24-18,13-15-9-5-3-6-10-15)14-20-11-7-4-8-12-20/h3,5-6,9-10H,4,7-8,11-14H2,1-2H3. The van der Waals surface area contributed by atoms with Crippen molar-refractivity contribution in [3.05, 3.63) is 35.9 Å². The molecule has 2 saturated heterocycles. The number of hydrogen-bond donors (Lipinski definition) is 0. The Bertz CT molecular complexity index is 585. The highest BCUT2D eigenvalue weighted by Gasteiger charge is 2.56. The van der Waals surface area contributed by atoms with Crippen molar-refractivity contribution in [2.45, 2.75) is 45.3 Å². The molecule has 0 amide bonds. The molecule has 1 aromatic carbocycles. The van der Waals surface area contributed by atoms with Crippen LogP contribution in [0.15, 0.2) is 30.3 Å². The molecule has 5 heteroatoms. The molecule has 24 heavy (non-hydrogen) atoms. The lowest BCUT2D eigenvalue weighted by molar-refractivity contribution is -0.252. The number of nitrogens with zero attached hydrogens (tertiary/aromatic N) is 1. The molecule has 0 atom stereocenters. The minimum Gasteiger partial charge on any atom is -0.422 e. The largest absolute Gasteiger partial charge is 0.422 e. The summed E-state index contributed by atoms with van der Waals surface area (Å²) >= 11 is 0. The fourth-order valence-corrected chi connectivity index (χ4v) is 3.52. The van der Waals surface area contributed by atoms with E-state index in [0.29, 0.717) is 13.0 Å². The van der Waals surface area contributed by atoms with E-state index in [2.05, 4.69) is 4.90 Å². The molecule has 2 fully saturated rings. The third-order valence-corrected chi connectivity index (χ3v) is 4.75. The van der Waals surface area contributed by atoms with Gasteiger partial charge in [0.25, 0.3) is 5.79 Å². The van der Waals surface area contributed by atoms with Crippen LogP contribution in [0, 0.1) is 5.41 Å². The molecule has 0 unspecified atom stereocenters. The maximum atomic E-state index is 12.9. The number of esters is 2. The summed E-state index contributed by atoms with van der Waals surface area (Å²) in [6, 6.07) is 9.60. The Morgan fingerprint density at radius 2 is 1.54 bits per heavy atom. The minimum atomic E-state index is -1.28. The molecular weight excluding hydrogens is 306 g/mol. The summed E-state index contributed by atoms with van der Waals surface area (Å²) in [5.41, 5.74) is -0.350. The number of rotatable bonds is 4. The van der Waals surface area contributed by atoms with Crippen molar-refractivity contribution in [2.75, 3.05) is 19.6 Å². The highest BCUT2D eigenvalue weighted by atomic mass is 16.7. The topological polar surface area (TPSA) is 55.8 Å². The molecule has 0 aliphatic carbocycles. The molecule has 5 nitrogen and oxygen atoms in total. The lowest BCUT2D eigenvalue weighted by atomic mass is 9.79. The summed E-state index contributed by atoms with van der Waals surface area (Å²) in [6.07, 6.45) is 3.69. The van der Waals surface area contributed by atoms with Crippen LogP contribution < -0.4 is 0 Å². The summed E-state index contributed by atoms with van der Waals surface area (Å²) in [4.78, 5) is 27.9. The van der Waals surface area contributed by atoms with Crippen LogP contribution in [0.5, 0.6) is 0 Å². The van der Waals surface area contributed by atoms with Gasteiger partial charge in [-0.05, 0) is 31.5 Å². The first-order valence-electron chi connectivity index (χ1n) is 8.64. The lowest BCUT2D eigenvalue weighted by Gasteiger charge is -2.43. The molecule has 0 N–H and O–H groups in total. The quantitative estimate of drug-likeness (QED) is 0.627. The minimum absolute atomic E-state index is 0.304. The number of carbonyl (C=O) groups is 2. The van der Waals surface area contributed by atoms with Gasteiger partial charge in [-0.15, -0.1) is 0 Å². The van der Waals surface area contributed by atoms with Crippen LogP contribution in [0.3, 0.4) is 0 Å². The molecule has 0 aromatic heterocycles. The molecule has 1 aromatic rings. The van der Waals surface area contributed by atoms with Gasteiger partial charge in [-0.25, -0.2) is 0 Å². The Labute approximate surface area is 142 Å². The van der Waals surface area contributed by atoms with Gasteiger partial charge in [-0.1, -0.05) is 36.8 Å². The van der Waals surface area contributed by atoms with E-state index in [1.807, 2.05) is 30.3 Å². The zero-order chi connectivity index (χ0) is 17.2. The van der Waals surface area contributed by atoms with Gasteiger partial charge in [-0.2, -0.15) is 0 Å². The predicted octanol–water partition coefficient (Wildman–Crippen LogP) is 2.54. The van der Waals surface area contributed by atoms with E-state index < -0.39 is 23.1 Å². The summed E-state index contributed by atoms with van der Waals surface area (Å²) in [5.74, 6) is -2.15. The van der Waals surface area contributed by atoms with E-state index in [1.165, 1.54) is 6.42 Å². The third kappa shape index (κ3) is 3.46. The smallest absolute Gasteiger partial charge is 0.328 e. The van der Waals surface area contributed by atoms with E-state index >= 15 is 0 Å². The van der Waals surface area contributed by atoms with Crippen LogP contribution in [0.2, 0.25) is 0 Å². The van der Waals surface area contributed by atoms with Gasteiger partial charge < -0.3 is 14.4 Å². The maximum Gasteiger partial charge on any atom is 0.328 e. The van der Waals surface area contributed by atoms with Crippen molar-refractivity contribution >= 4 is 11.9 Å². The van der Waals surface area contributed by atoms with Gasteiger partial charge in [0.05, 0.1) is 0 Å². The van der Waals surface area contributed by atoms with Crippen molar-refractivity contribution in [2.24, 2.45) is 5.41 Å². The van der Waals surface area contributed by atoms with Gasteiger partial charge in [0.2, 0.25) is 0 Å². The number of ether oxygens (including phenoxy) is 2. The number of benzene rings is 1. The number of likely N-dealkylation sites (tertiary alicyclic amines) is 1. The normalized spacial score (nSPS) is 23.4. The van der Waals surface area contributed by atoms with Gasteiger partial charge >= 0.3 is 11.9 Å². The molecule has 0 bridgehead atoms.